The SMILES string of the molecule is Cc1ccc(C)c(OCCCOc2ccc(NC(=O)C3CC3)cc2)c1. The molecular weight excluding hydrogens is 314 g/mol. The predicted octanol–water partition coefficient (Wildman–Crippen LogP) is 4.50. The third kappa shape index (κ3) is 5.24. The average Bonchev–Trinajstić information content (AvgIpc) is 3.44. The number of carbonyl (C=O) groups excluding carboxylic acids is 1. The quantitative estimate of drug-likeness (QED) is 0.720. The molecule has 0 aromatic heterocycles. The van der Waals surface area contributed by atoms with Gasteiger partial charge in [-0.25, -0.2) is 0 Å². The molecule has 1 N–H and O–H groups in total. The first-order valence-corrected chi connectivity index (χ1v) is 8.85. The van der Waals surface area contributed by atoms with E-state index < -0.39 is 0 Å². The van der Waals surface area contributed by atoms with Gasteiger partial charge >= 0.3 is 0 Å². The molecule has 4 nitrogen and oxygen atoms in total. The first kappa shape index (κ1) is 17.3. The Balaban J connectivity index is 1.37. The Hall–Kier alpha value is -2.49. The van der Waals surface area contributed by atoms with Crippen molar-refractivity contribution in [1.29, 1.82) is 0 Å². The molecule has 1 fully saturated rings. The van der Waals surface area contributed by atoms with Crippen molar-refractivity contribution in [3.8, 4) is 11.5 Å². The second-order valence-corrected chi connectivity index (χ2v) is 6.61. The number of amides is 1. The maximum Gasteiger partial charge on any atom is 0.227 e. The molecule has 2 aromatic rings. The third-order valence-electron chi connectivity index (χ3n) is 4.23. The number of anilines is 1. The summed E-state index contributed by atoms with van der Waals surface area (Å²) in [7, 11) is 0. The number of carbonyl (C=O) groups is 1. The molecule has 0 aliphatic heterocycles. The highest BCUT2D eigenvalue weighted by Crippen LogP contribution is 2.30. The zero-order chi connectivity index (χ0) is 17.6. The summed E-state index contributed by atoms with van der Waals surface area (Å²) in [6, 6.07) is 13.7. The molecule has 1 saturated carbocycles. The summed E-state index contributed by atoms with van der Waals surface area (Å²) in [5.74, 6) is 2.08. The lowest BCUT2D eigenvalue weighted by Crippen LogP contribution is -2.13. The Bertz CT molecular complexity index is 720. The summed E-state index contributed by atoms with van der Waals surface area (Å²) in [4.78, 5) is 11.7. The van der Waals surface area contributed by atoms with Crippen molar-refractivity contribution < 1.29 is 14.3 Å². The number of nitrogens with one attached hydrogen (secondary N) is 1. The molecule has 1 aliphatic carbocycles. The van der Waals surface area contributed by atoms with Gasteiger partial charge in [-0.2, -0.15) is 0 Å². The summed E-state index contributed by atoms with van der Waals surface area (Å²) >= 11 is 0. The Morgan fingerprint density at radius 1 is 1.04 bits per heavy atom. The summed E-state index contributed by atoms with van der Waals surface area (Å²) in [5.41, 5.74) is 3.17. The number of hydrogen-bond donors (Lipinski definition) is 1. The lowest BCUT2D eigenvalue weighted by Gasteiger charge is -2.11. The summed E-state index contributed by atoms with van der Waals surface area (Å²) in [6.07, 6.45) is 2.84. The fraction of sp³-hybridized carbons (Fsp3) is 0.381. The molecule has 25 heavy (non-hydrogen) atoms. The summed E-state index contributed by atoms with van der Waals surface area (Å²) in [6.45, 7) is 5.33. The van der Waals surface area contributed by atoms with E-state index in [1.807, 2.05) is 24.3 Å². The number of ether oxygens (including phenoxy) is 2. The lowest BCUT2D eigenvalue weighted by molar-refractivity contribution is -0.117. The van der Waals surface area contributed by atoms with Crippen molar-refractivity contribution >= 4 is 11.6 Å². The minimum atomic E-state index is 0.122. The standard InChI is InChI=1S/C21H25NO3/c1-15-4-5-16(2)20(14-15)25-13-3-12-24-19-10-8-18(9-11-19)22-21(23)17-6-7-17/h4-5,8-11,14,17H,3,6-7,12-13H2,1-2H3,(H,22,23). The van der Waals surface area contributed by atoms with Crippen molar-refractivity contribution in [1.82, 2.24) is 0 Å². The zero-order valence-electron chi connectivity index (χ0n) is 14.9. The van der Waals surface area contributed by atoms with Crippen LogP contribution in [0.15, 0.2) is 42.5 Å². The Labute approximate surface area is 149 Å². The van der Waals surface area contributed by atoms with Gasteiger partial charge in [-0.05, 0) is 68.1 Å². The van der Waals surface area contributed by atoms with E-state index in [2.05, 4.69) is 37.4 Å². The monoisotopic (exact) mass is 339 g/mol. The van der Waals surface area contributed by atoms with Crippen LogP contribution in [0.3, 0.4) is 0 Å². The zero-order valence-corrected chi connectivity index (χ0v) is 14.9. The normalized spacial score (nSPS) is 13.4. The van der Waals surface area contributed by atoms with Crippen molar-refractivity contribution in [2.24, 2.45) is 5.92 Å². The molecule has 3 rings (SSSR count). The predicted molar refractivity (Wildman–Crippen MR) is 99.3 cm³/mol. The number of hydrogen-bond acceptors (Lipinski definition) is 3. The number of rotatable bonds is 8. The van der Waals surface area contributed by atoms with E-state index in [1.165, 1.54) is 5.56 Å². The average molecular weight is 339 g/mol. The van der Waals surface area contributed by atoms with Crippen LogP contribution in [0.1, 0.15) is 30.4 Å². The Morgan fingerprint density at radius 2 is 1.76 bits per heavy atom. The van der Waals surface area contributed by atoms with Crippen LogP contribution in [-0.4, -0.2) is 19.1 Å². The summed E-state index contributed by atoms with van der Waals surface area (Å²) in [5, 5.41) is 2.92. The van der Waals surface area contributed by atoms with E-state index >= 15 is 0 Å². The maximum absolute atomic E-state index is 11.7. The Morgan fingerprint density at radius 3 is 2.48 bits per heavy atom. The van der Waals surface area contributed by atoms with Crippen molar-refractivity contribution in [3.63, 3.8) is 0 Å². The van der Waals surface area contributed by atoms with Crippen LogP contribution in [0.2, 0.25) is 0 Å². The highest BCUT2D eigenvalue weighted by atomic mass is 16.5. The highest BCUT2D eigenvalue weighted by Gasteiger charge is 2.29. The van der Waals surface area contributed by atoms with E-state index in [0.29, 0.717) is 13.2 Å². The molecule has 0 bridgehead atoms. The Kier molecular flexibility index (Phi) is 5.59. The van der Waals surface area contributed by atoms with E-state index in [-0.39, 0.29) is 11.8 Å². The maximum atomic E-state index is 11.7. The number of benzene rings is 2. The topological polar surface area (TPSA) is 47.6 Å². The van der Waals surface area contributed by atoms with Gasteiger partial charge < -0.3 is 14.8 Å². The molecule has 132 valence electrons. The first-order chi connectivity index (χ1) is 12.1. The van der Waals surface area contributed by atoms with Crippen LogP contribution in [0, 0.1) is 19.8 Å². The molecule has 0 spiro atoms. The largest absolute Gasteiger partial charge is 0.493 e. The van der Waals surface area contributed by atoms with E-state index in [1.54, 1.807) is 0 Å². The molecule has 0 unspecified atom stereocenters. The second kappa shape index (κ2) is 8.06. The summed E-state index contributed by atoms with van der Waals surface area (Å²) < 4.78 is 11.5. The molecule has 2 aromatic carbocycles. The molecule has 1 amide bonds. The smallest absolute Gasteiger partial charge is 0.227 e. The molecule has 0 saturated heterocycles. The fourth-order valence-electron chi connectivity index (χ4n) is 2.52. The van der Waals surface area contributed by atoms with Gasteiger partial charge in [0.1, 0.15) is 11.5 Å². The van der Waals surface area contributed by atoms with Crippen molar-refractivity contribution in [2.75, 3.05) is 18.5 Å². The van der Waals surface area contributed by atoms with Crippen LogP contribution in [0.25, 0.3) is 0 Å². The van der Waals surface area contributed by atoms with E-state index in [0.717, 1.165) is 42.0 Å². The molecule has 4 heteroatoms. The van der Waals surface area contributed by atoms with Crippen molar-refractivity contribution in [3.05, 3.63) is 53.6 Å². The third-order valence-corrected chi connectivity index (χ3v) is 4.23. The second-order valence-electron chi connectivity index (χ2n) is 6.61. The fourth-order valence-corrected chi connectivity index (χ4v) is 2.52. The van der Waals surface area contributed by atoms with Gasteiger partial charge in [0.25, 0.3) is 0 Å². The minimum absolute atomic E-state index is 0.122. The number of aryl methyl sites for hydroxylation is 2. The first-order valence-electron chi connectivity index (χ1n) is 8.85. The van der Waals surface area contributed by atoms with Gasteiger partial charge in [-0.3, -0.25) is 4.79 Å². The highest BCUT2D eigenvalue weighted by molar-refractivity contribution is 5.94. The minimum Gasteiger partial charge on any atom is -0.493 e. The van der Waals surface area contributed by atoms with Gasteiger partial charge in [0.15, 0.2) is 0 Å². The van der Waals surface area contributed by atoms with Gasteiger partial charge in [0.05, 0.1) is 13.2 Å². The molecule has 0 radical (unpaired) electrons. The van der Waals surface area contributed by atoms with Crippen LogP contribution in [0.5, 0.6) is 11.5 Å². The van der Waals surface area contributed by atoms with E-state index in [9.17, 15) is 4.79 Å². The van der Waals surface area contributed by atoms with Crippen LogP contribution >= 0.6 is 0 Å². The molecule has 0 heterocycles. The molecule has 1 aliphatic rings. The molecular formula is C21H25NO3. The van der Waals surface area contributed by atoms with Gasteiger partial charge in [-0.1, -0.05) is 12.1 Å². The lowest BCUT2D eigenvalue weighted by atomic mass is 10.1. The van der Waals surface area contributed by atoms with Crippen molar-refractivity contribution in [2.45, 2.75) is 33.1 Å². The molecule has 0 atom stereocenters. The van der Waals surface area contributed by atoms with Crippen LogP contribution in [0.4, 0.5) is 5.69 Å². The van der Waals surface area contributed by atoms with Gasteiger partial charge in [-0.15, -0.1) is 0 Å². The van der Waals surface area contributed by atoms with Crippen LogP contribution < -0.4 is 14.8 Å². The van der Waals surface area contributed by atoms with Gasteiger partial charge in [0.2, 0.25) is 5.91 Å². The van der Waals surface area contributed by atoms with Crippen LogP contribution in [-0.2, 0) is 4.79 Å². The van der Waals surface area contributed by atoms with Gasteiger partial charge in [0, 0.05) is 18.0 Å². The van der Waals surface area contributed by atoms with E-state index in [4.69, 9.17) is 9.47 Å².